The lowest BCUT2D eigenvalue weighted by Gasteiger charge is -2.28. The van der Waals surface area contributed by atoms with Crippen LogP contribution in [-0.2, 0) is 22.6 Å². The number of rotatable bonds is 8. The number of carbonyl (C=O) groups excluding carboxylic acids is 2. The first kappa shape index (κ1) is 27.2. The number of benzene rings is 3. The van der Waals surface area contributed by atoms with Gasteiger partial charge in [0.2, 0.25) is 5.91 Å². The fraction of sp³-hybridized carbons (Fsp3) is 0.310. The molecule has 3 aromatic carbocycles. The Morgan fingerprint density at radius 2 is 1.71 bits per heavy atom. The molecule has 0 unspecified atom stereocenters. The van der Waals surface area contributed by atoms with E-state index < -0.39 is 30.2 Å². The number of carbonyl (C=O) groups is 2. The number of aliphatic hydroxyl groups is 1. The Hall–Kier alpha value is -3.82. The van der Waals surface area contributed by atoms with E-state index in [-0.39, 0.29) is 23.8 Å². The van der Waals surface area contributed by atoms with Crippen LogP contribution in [0.2, 0.25) is 0 Å². The number of amides is 2. The van der Waals surface area contributed by atoms with Crippen LogP contribution in [0.4, 0.5) is 25.0 Å². The highest BCUT2D eigenvalue weighted by atomic mass is 19.1. The predicted molar refractivity (Wildman–Crippen MR) is 142 cm³/mol. The summed E-state index contributed by atoms with van der Waals surface area (Å²) >= 11 is 0. The fourth-order valence-electron chi connectivity index (χ4n) is 4.38. The standard InChI is InChI=1S/C29H31F2N3O4/c1-34-13-11-22(12-14-34)38-29(37)33-26-9-7-19(15-23(26)20-5-3-2-4-6-20)8-10-28(36)32-27-17-24(30)21(18-35)16-25(27)31/h2-7,9,15-17,22,35H,8,10-14,18H2,1H3,(H,32,36)(H,33,37). The molecular formula is C29H31F2N3O4. The molecule has 7 nitrogen and oxygen atoms in total. The van der Waals surface area contributed by atoms with Gasteiger partial charge in [-0.2, -0.15) is 0 Å². The van der Waals surface area contributed by atoms with Crippen molar-refractivity contribution in [2.75, 3.05) is 30.8 Å². The first-order valence-electron chi connectivity index (χ1n) is 12.6. The lowest BCUT2D eigenvalue weighted by molar-refractivity contribution is -0.116. The van der Waals surface area contributed by atoms with E-state index in [0.29, 0.717) is 12.1 Å². The third kappa shape index (κ3) is 7.14. The van der Waals surface area contributed by atoms with Crippen LogP contribution in [0.5, 0.6) is 0 Å². The van der Waals surface area contributed by atoms with Crippen molar-refractivity contribution in [2.45, 2.75) is 38.4 Å². The van der Waals surface area contributed by atoms with Gasteiger partial charge >= 0.3 is 6.09 Å². The molecule has 3 N–H and O–H groups in total. The van der Waals surface area contributed by atoms with Gasteiger partial charge in [0.15, 0.2) is 0 Å². The minimum Gasteiger partial charge on any atom is -0.446 e. The fourth-order valence-corrected chi connectivity index (χ4v) is 4.38. The molecule has 2 amide bonds. The molecule has 1 aliphatic rings. The maximum absolute atomic E-state index is 14.2. The quantitative estimate of drug-likeness (QED) is 0.371. The molecule has 0 atom stereocenters. The zero-order valence-electron chi connectivity index (χ0n) is 21.2. The second-order valence-corrected chi connectivity index (χ2v) is 9.41. The molecule has 1 heterocycles. The summed E-state index contributed by atoms with van der Waals surface area (Å²) in [5.74, 6) is -2.10. The SMILES string of the molecule is CN1CCC(OC(=O)Nc2ccc(CCC(=O)Nc3cc(F)c(CO)cc3F)cc2-c2ccccc2)CC1. The molecule has 4 rings (SSSR count). The highest BCUT2D eigenvalue weighted by molar-refractivity contribution is 5.92. The Balaban J connectivity index is 1.43. The van der Waals surface area contributed by atoms with Crippen molar-refractivity contribution >= 4 is 23.4 Å². The Morgan fingerprint density at radius 1 is 0.974 bits per heavy atom. The molecule has 9 heteroatoms. The lowest BCUT2D eigenvalue weighted by atomic mass is 9.99. The third-order valence-corrected chi connectivity index (χ3v) is 6.57. The highest BCUT2D eigenvalue weighted by Crippen LogP contribution is 2.30. The van der Waals surface area contributed by atoms with Gasteiger partial charge in [0.05, 0.1) is 18.0 Å². The summed E-state index contributed by atoms with van der Waals surface area (Å²) in [5, 5.41) is 14.3. The van der Waals surface area contributed by atoms with Crippen LogP contribution >= 0.6 is 0 Å². The minimum absolute atomic E-state index is 0.0297. The van der Waals surface area contributed by atoms with Crippen LogP contribution in [0, 0.1) is 11.6 Å². The predicted octanol–water partition coefficient (Wildman–Crippen LogP) is 5.34. The second kappa shape index (κ2) is 12.6. The van der Waals surface area contributed by atoms with Gasteiger partial charge in [-0.3, -0.25) is 10.1 Å². The maximum Gasteiger partial charge on any atom is 0.411 e. The molecular weight excluding hydrogens is 492 g/mol. The number of hydrogen-bond donors (Lipinski definition) is 3. The zero-order valence-corrected chi connectivity index (χ0v) is 21.2. The van der Waals surface area contributed by atoms with E-state index in [0.717, 1.165) is 54.8 Å². The van der Waals surface area contributed by atoms with Crippen LogP contribution in [-0.4, -0.2) is 48.2 Å². The Morgan fingerprint density at radius 3 is 2.42 bits per heavy atom. The first-order valence-corrected chi connectivity index (χ1v) is 12.6. The molecule has 1 aliphatic heterocycles. The van der Waals surface area contributed by atoms with E-state index in [2.05, 4.69) is 15.5 Å². The number of aryl methyl sites for hydroxylation is 1. The van der Waals surface area contributed by atoms with E-state index in [9.17, 15) is 18.4 Å². The molecule has 0 aromatic heterocycles. The second-order valence-electron chi connectivity index (χ2n) is 9.41. The molecule has 0 bridgehead atoms. The van der Waals surface area contributed by atoms with Crippen molar-refractivity contribution in [2.24, 2.45) is 0 Å². The van der Waals surface area contributed by atoms with E-state index >= 15 is 0 Å². The van der Waals surface area contributed by atoms with Gasteiger partial charge in [-0.1, -0.05) is 36.4 Å². The summed E-state index contributed by atoms with van der Waals surface area (Å²) in [7, 11) is 2.04. The van der Waals surface area contributed by atoms with Crippen LogP contribution < -0.4 is 10.6 Å². The first-order chi connectivity index (χ1) is 18.3. The topological polar surface area (TPSA) is 90.9 Å². The van der Waals surface area contributed by atoms with Gasteiger partial charge < -0.3 is 20.1 Å². The molecule has 0 spiro atoms. The average molecular weight is 524 g/mol. The number of likely N-dealkylation sites (tertiary alicyclic amines) is 1. The van der Waals surface area contributed by atoms with E-state index in [1.54, 1.807) is 12.1 Å². The number of ether oxygens (including phenoxy) is 1. The third-order valence-electron chi connectivity index (χ3n) is 6.57. The number of nitrogens with zero attached hydrogens (tertiary/aromatic N) is 1. The number of piperidine rings is 1. The van der Waals surface area contributed by atoms with Gasteiger partial charge in [0.1, 0.15) is 17.7 Å². The zero-order chi connectivity index (χ0) is 27.1. The normalized spacial score (nSPS) is 14.2. The molecule has 38 heavy (non-hydrogen) atoms. The van der Waals surface area contributed by atoms with Crippen LogP contribution in [0.1, 0.15) is 30.4 Å². The van der Waals surface area contributed by atoms with Gasteiger partial charge in [0, 0.05) is 36.7 Å². The number of anilines is 2. The van der Waals surface area contributed by atoms with Gasteiger partial charge in [-0.25, -0.2) is 13.6 Å². The Bertz CT molecular complexity index is 1280. The molecule has 1 fully saturated rings. The molecule has 0 saturated carbocycles. The van der Waals surface area contributed by atoms with Crippen molar-refractivity contribution in [3.05, 3.63) is 83.4 Å². The summed E-state index contributed by atoms with van der Waals surface area (Å²) in [6, 6.07) is 16.7. The van der Waals surface area contributed by atoms with Gasteiger partial charge in [-0.05, 0) is 55.6 Å². The summed E-state index contributed by atoms with van der Waals surface area (Å²) in [6.07, 6.45) is 1.32. The number of hydrogen-bond acceptors (Lipinski definition) is 5. The van der Waals surface area contributed by atoms with Crippen molar-refractivity contribution in [1.82, 2.24) is 4.90 Å². The maximum atomic E-state index is 14.2. The van der Waals surface area contributed by atoms with Gasteiger partial charge in [0.25, 0.3) is 0 Å². The Labute approximate surface area is 220 Å². The smallest absolute Gasteiger partial charge is 0.411 e. The van der Waals surface area contributed by atoms with E-state index in [1.807, 2.05) is 43.4 Å². The summed E-state index contributed by atoms with van der Waals surface area (Å²) in [6.45, 7) is 1.12. The van der Waals surface area contributed by atoms with Crippen molar-refractivity contribution in [1.29, 1.82) is 0 Å². The van der Waals surface area contributed by atoms with Crippen molar-refractivity contribution in [3.8, 4) is 11.1 Å². The van der Waals surface area contributed by atoms with E-state index in [1.165, 1.54) is 0 Å². The molecule has 3 aromatic rings. The Kier molecular flexibility index (Phi) is 9.04. The molecule has 200 valence electrons. The summed E-state index contributed by atoms with van der Waals surface area (Å²) < 4.78 is 33.7. The largest absolute Gasteiger partial charge is 0.446 e. The van der Waals surface area contributed by atoms with Gasteiger partial charge in [-0.15, -0.1) is 0 Å². The van der Waals surface area contributed by atoms with Crippen LogP contribution in [0.3, 0.4) is 0 Å². The van der Waals surface area contributed by atoms with Crippen molar-refractivity contribution < 1.29 is 28.2 Å². The highest BCUT2D eigenvalue weighted by Gasteiger charge is 2.21. The van der Waals surface area contributed by atoms with Crippen LogP contribution in [0.15, 0.2) is 60.7 Å². The molecule has 0 aliphatic carbocycles. The summed E-state index contributed by atoms with van der Waals surface area (Å²) in [4.78, 5) is 27.3. The number of aliphatic hydroxyl groups excluding tert-OH is 1. The molecule has 0 radical (unpaired) electrons. The lowest BCUT2D eigenvalue weighted by Crippen LogP contribution is -2.36. The van der Waals surface area contributed by atoms with Crippen molar-refractivity contribution in [3.63, 3.8) is 0 Å². The average Bonchev–Trinajstić information content (AvgIpc) is 2.91. The monoisotopic (exact) mass is 523 g/mol. The molecule has 1 saturated heterocycles. The number of nitrogens with one attached hydrogen (secondary N) is 2. The van der Waals surface area contributed by atoms with E-state index in [4.69, 9.17) is 9.84 Å². The summed E-state index contributed by atoms with van der Waals surface area (Å²) in [5.41, 5.74) is 2.61. The van der Waals surface area contributed by atoms with Crippen LogP contribution in [0.25, 0.3) is 11.1 Å². The minimum atomic E-state index is -0.822. The number of halogens is 2.